The van der Waals surface area contributed by atoms with Gasteiger partial charge in [0.25, 0.3) is 5.91 Å². The second-order valence-corrected chi connectivity index (χ2v) is 6.15. The molecular formula is C17H16N2O4. The summed E-state index contributed by atoms with van der Waals surface area (Å²) in [5.74, 6) is -0.906. The largest absolute Gasteiger partial charge is 0.480 e. The number of carboxylic acid groups (broad SMARTS) is 1. The summed E-state index contributed by atoms with van der Waals surface area (Å²) < 4.78 is 5.16. The van der Waals surface area contributed by atoms with E-state index in [0.29, 0.717) is 12.3 Å². The molecule has 1 amide bonds. The Morgan fingerprint density at radius 2 is 1.96 bits per heavy atom. The maximum Gasteiger partial charge on any atom is 0.326 e. The van der Waals surface area contributed by atoms with Gasteiger partial charge in [0, 0.05) is 24.9 Å². The number of hydrogen-bond acceptors (Lipinski definition) is 4. The number of aromatic nitrogens is 1. The maximum atomic E-state index is 12.7. The highest BCUT2D eigenvalue weighted by Gasteiger charge is 2.37. The fourth-order valence-electron chi connectivity index (χ4n) is 3.06. The van der Waals surface area contributed by atoms with Gasteiger partial charge in [0.1, 0.15) is 6.04 Å². The number of hydrogen-bond donors (Lipinski definition) is 1. The predicted octanol–water partition coefficient (Wildman–Crippen LogP) is 2.20. The molecule has 4 rings (SSSR count). The van der Waals surface area contributed by atoms with Crippen molar-refractivity contribution in [3.8, 4) is 0 Å². The Bertz CT molecular complexity index is 778. The average Bonchev–Trinajstić information content (AvgIpc) is 3.30. The van der Waals surface area contributed by atoms with E-state index in [-0.39, 0.29) is 12.3 Å². The summed E-state index contributed by atoms with van der Waals surface area (Å²) in [5.41, 5.74) is 2.73. The van der Waals surface area contributed by atoms with Gasteiger partial charge in [-0.2, -0.15) is 0 Å². The van der Waals surface area contributed by atoms with Crippen LogP contribution in [0, 0.1) is 0 Å². The number of benzene rings is 1. The molecule has 0 unspecified atom stereocenters. The molecule has 1 atom stereocenters. The second kappa shape index (κ2) is 5.22. The third kappa shape index (κ3) is 2.50. The molecule has 1 aliphatic heterocycles. The molecule has 1 fully saturated rings. The van der Waals surface area contributed by atoms with E-state index in [1.54, 1.807) is 6.07 Å². The van der Waals surface area contributed by atoms with Crippen LogP contribution < -0.4 is 0 Å². The zero-order chi connectivity index (χ0) is 16.0. The minimum Gasteiger partial charge on any atom is -0.480 e. The number of aliphatic carboxylic acids is 1. The summed E-state index contributed by atoms with van der Waals surface area (Å²) in [7, 11) is 0. The molecule has 1 aliphatic carbocycles. The quantitative estimate of drug-likeness (QED) is 0.939. The van der Waals surface area contributed by atoms with Crippen molar-refractivity contribution in [3.63, 3.8) is 0 Å². The first-order valence-electron chi connectivity index (χ1n) is 7.70. The molecule has 1 aromatic carbocycles. The number of fused-ring (bicyclic) bond motifs is 1. The molecule has 0 spiro atoms. The van der Waals surface area contributed by atoms with E-state index < -0.39 is 17.9 Å². The van der Waals surface area contributed by atoms with Crippen molar-refractivity contribution in [2.75, 3.05) is 0 Å². The molecule has 2 heterocycles. The third-order valence-electron chi connectivity index (χ3n) is 4.53. The van der Waals surface area contributed by atoms with Gasteiger partial charge in [-0.15, -0.1) is 0 Å². The van der Waals surface area contributed by atoms with Gasteiger partial charge in [0.2, 0.25) is 5.76 Å². The van der Waals surface area contributed by atoms with Crippen molar-refractivity contribution in [3.05, 3.63) is 52.9 Å². The lowest BCUT2D eigenvalue weighted by Crippen LogP contribution is -2.48. The highest BCUT2D eigenvalue weighted by atomic mass is 16.5. The minimum atomic E-state index is -1.00. The van der Waals surface area contributed by atoms with Gasteiger partial charge in [-0.25, -0.2) is 4.79 Å². The normalized spacial score (nSPS) is 20.2. The smallest absolute Gasteiger partial charge is 0.326 e. The Morgan fingerprint density at radius 3 is 2.65 bits per heavy atom. The SMILES string of the molecule is O=C(O)[C@@H]1Cc2ccccc2CN1C(=O)c1cc(C2CC2)no1. The Balaban J connectivity index is 1.64. The van der Waals surface area contributed by atoms with Gasteiger partial charge in [-0.1, -0.05) is 29.4 Å². The Labute approximate surface area is 132 Å². The predicted molar refractivity (Wildman–Crippen MR) is 79.9 cm³/mol. The first-order chi connectivity index (χ1) is 11.1. The molecule has 1 saturated carbocycles. The fourth-order valence-corrected chi connectivity index (χ4v) is 3.06. The highest BCUT2D eigenvalue weighted by molar-refractivity contribution is 5.94. The lowest BCUT2D eigenvalue weighted by atomic mass is 9.93. The average molecular weight is 312 g/mol. The highest BCUT2D eigenvalue weighted by Crippen LogP contribution is 2.39. The number of carboxylic acids is 1. The number of nitrogens with zero attached hydrogens (tertiary/aromatic N) is 2. The van der Waals surface area contributed by atoms with Crippen molar-refractivity contribution in [2.24, 2.45) is 0 Å². The van der Waals surface area contributed by atoms with E-state index >= 15 is 0 Å². The molecule has 0 bridgehead atoms. The standard InChI is InChI=1S/C17H16N2O4/c20-16(15-8-13(18-23-15)10-5-6-10)19-9-12-4-2-1-3-11(12)7-14(19)17(21)22/h1-4,8,10,14H,5-7,9H2,(H,21,22)/t14-/m0/s1. The molecule has 1 N–H and O–H groups in total. The van der Waals surface area contributed by atoms with Crippen molar-refractivity contribution in [2.45, 2.75) is 37.8 Å². The lowest BCUT2D eigenvalue weighted by molar-refractivity contribution is -0.142. The first kappa shape index (κ1) is 14.0. The molecule has 0 saturated heterocycles. The van der Waals surface area contributed by atoms with Gasteiger partial charge >= 0.3 is 5.97 Å². The van der Waals surface area contributed by atoms with Crippen molar-refractivity contribution in [1.82, 2.24) is 10.1 Å². The van der Waals surface area contributed by atoms with Crippen molar-refractivity contribution < 1.29 is 19.2 Å². The second-order valence-electron chi connectivity index (χ2n) is 6.15. The maximum absolute atomic E-state index is 12.7. The van der Waals surface area contributed by atoms with Crippen LogP contribution in [0.15, 0.2) is 34.9 Å². The zero-order valence-corrected chi connectivity index (χ0v) is 12.4. The van der Waals surface area contributed by atoms with Crippen LogP contribution in [0.4, 0.5) is 0 Å². The Hall–Kier alpha value is -2.63. The summed E-state index contributed by atoms with van der Waals surface area (Å²) in [6.45, 7) is 0.269. The Kier molecular flexibility index (Phi) is 3.18. The third-order valence-corrected chi connectivity index (χ3v) is 4.53. The van der Waals surface area contributed by atoms with Crippen LogP contribution in [0.1, 0.15) is 46.1 Å². The molecule has 23 heavy (non-hydrogen) atoms. The molecule has 2 aliphatic rings. The van der Waals surface area contributed by atoms with E-state index in [9.17, 15) is 14.7 Å². The minimum absolute atomic E-state index is 0.123. The monoisotopic (exact) mass is 312 g/mol. The van der Waals surface area contributed by atoms with Crippen LogP contribution in [0.5, 0.6) is 0 Å². The van der Waals surface area contributed by atoms with Crippen LogP contribution in [0.2, 0.25) is 0 Å². The molecular weight excluding hydrogens is 296 g/mol. The summed E-state index contributed by atoms with van der Waals surface area (Å²) >= 11 is 0. The van der Waals surface area contributed by atoms with Gasteiger partial charge in [0.05, 0.1) is 5.69 Å². The lowest BCUT2D eigenvalue weighted by Gasteiger charge is -2.33. The topological polar surface area (TPSA) is 83.6 Å². The van der Waals surface area contributed by atoms with Gasteiger partial charge in [0.15, 0.2) is 0 Å². The molecule has 6 heteroatoms. The van der Waals surface area contributed by atoms with Crippen LogP contribution in [0.25, 0.3) is 0 Å². The van der Waals surface area contributed by atoms with E-state index in [0.717, 1.165) is 29.7 Å². The summed E-state index contributed by atoms with van der Waals surface area (Å²) in [6.07, 6.45) is 2.44. The van der Waals surface area contributed by atoms with Crippen LogP contribution in [-0.4, -0.2) is 33.1 Å². The molecule has 118 valence electrons. The van der Waals surface area contributed by atoms with Gasteiger partial charge < -0.3 is 14.5 Å². The van der Waals surface area contributed by atoms with Crippen molar-refractivity contribution >= 4 is 11.9 Å². The van der Waals surface area contributed by atoms with E-state index in [1.807, 2.05) is 24.3 Å². The Morgan fingerprint density at radius 1 is 1.22 bits per heavy atom. The summed E-state index contributed by atoms with van der Waals surface area (Å²) in [5, 5.41) is 13.4. The fraction of sp³-hybridized carbons (Fsp3) is 0.353. The van der Waals surface area contributed by atoms with Crippen LogP contribution in [0.3, 0.4) is 0 Å². The number of carbonyl (C=O) groups is 2. The number of carbonyl (C=O) groups excluding carboxylic acids is 1. The van der Waals surface area contributed by atoms with E-state index in [1.165, 1.54) is 4.90 Å². The molecule has 2 aromatic rings. The molecule has 6 nitrogen and oxygen atoms in total. The van der Waals surface area contributed by atoms with E-state index in [2.05, 4.69) is 5.16 Å². The van der Waals surface area contributed by atoms with Gasteiger partial charge in [-0.3, -0.25) is 4.79 Å². The van der Waals surface area contributed by atoms with Gasteiger partial charge in [-0.05, 0) is 24.0 Å². The molecule has 0 radical (unpaired) electrons. The molecule has 1 aromatic heterocycles. The van der Waals surface area contributed by atoms with Crippen molar-refractivity contribution in [1.29, 1.82) is 0 Å². The van der Waals surface area contributed by atoms with Crippen LogP contribution in [-0.2, 0) is 17.8 Å². The van der Waals surface area contributed by atoms with E-state index in [4.69, 9.17) is 4.52 Å². The summed E-state index contributed by atoms with van der Waals surface area (Å²) in [6, 6.07) is 8.37. The van der Waals surface area contributed by atoms with Crippen LogP contribution >= 0.6 is 0 Å². The first-order valence-corrected chi connectivity index (χ1v) is 7.70. The number of rotatable bonds is 3. The summed E-state index contributed by atoms with van der Waals surface area (Å²) in [4.78, 5) is 25.7. The zero-order valence-electron chi connectivity index (χ0n) is 12.4. The number of amides is 1.